The quantitative estimate of drug-likeness (QED) is 0.740. The molecule has 2 aromatic rings. The molecule has 0 saturated carbocycles. The van der Waals surface area contributed by atoms with Crippen LogP contribution in [0.3, 0.4) is 0 Å². The molecule has 0 N–H and O–H groups in total. The molecule has 0 aliphatic heterocycles. The van der Waals surface area contributed by atoms with Gasteiger partial charge in [-0.3, -0.25) is 0 Å². The Labute approximate surface area is 95.1 Å². The summed E-state index contributed by atoms with van der Waals surface area (Å²) in [4.78, 5) is 7.86. The molecule has 0 spiro atoms. The topological polar surface area (TPSA) is 25.8 Å². The minimum Gasteiger partial charge on any atom is -0.244 e. The molecule has 70 valence electrons. The Kier molecular flexibility index (Phi) is 2.79. The minimum absolute atomic E-state index is 0.474. The molecule has 0 radical (unpaired) electrons. The van der Waals surface area contributed by atoms with E-state index in [2.05, 4.69) is 25.9 Å². The molecule has 0 saturated heterocycles. The summed E-state index contributed by atoms with van der Waals surface area (Å²) < 4.78 is 1.04. The fourth-order valence-corrected chi connectivity index (χ4v) is 1.60. The van der Waals surface area contributed by atoms with Gasteiger partial charge in [0.2, 0.25) is 0 Å². The maximum Gasteiger partial charge on any atom is 0.140 e. The predicted octanol–water partition coefficient (Wildman–Crippen LogP) is 3.56. The van der Waals surface area contributed by atoms with Crippen LogP contribution in [0.15, 0.2) is 41.3 Å². The number of hydrogen-bond donors (Lipinski definition) is 0. The van der Waals surface area contributed by atoms with E-state index in [0.717, 1.165) is 15.6 Å². The average molecular weight is 270 g/mol. The number of aromatic nitrogens is 2. The summed E-state index contributed by atoms with van der Waals surface area (Å²) in [5.74, 6) is 0. The van der Waals surface area contributed by atoms with Crippen molar-refractivity contribution in [2.24, 2.45) is 0 Å². The third kappa shape index (κ3) is 1.94. The van der Waals surface area contributed by atoms with Crippen molar-refractivity contribution in [3.05, 3.63) is 46.4 Å². The first-order valence-corrected chi connectivity index (χ1v) is 5.16. The number of benzene rings is 1. The maximum absolute atomic E-state index is 5.94. The zero-order chi connectivity index (χ0) is 9.97. The van der Waals surface area contributed by atoms with Crippen LogP contribution in [0.5, 0.6) is 0 Å². The third-order valence-electron chi connectivity index (χ3n) is 1.82. The fourth-order valence-electron chi connectivity index (χ4n) is 1.14. The van der Waals surface area contributed by atoms with E-state index in [-0.39, 0.29) is 0 Å². The first-order chi connectivity index (χ1) is 6.77. The zero-order valence-corrected chi connectivity index (χ0v) is 9.46. The third-order valence-corrected chi connectivity index (χ3v) is 2.65. The van der Waals surface area contributed by atoms with Gasteiger partial charge in [0, 0.05) is 16.2 Å². The van der Waals surface area contributed by atoms with Crippen LogP contribution in [0.4, 0.5) is 0 Å². The number of halogens is 2. The van der Waals surface area contributed by atoms with Gasteiger partial charge in [-0.15, -0.1) is 0 Å². The molecule has 14 heavy (non-hydrogen) atoms. The largest absolute Gasteiger partial charge is 0.244 e. The first-order valence-electron chi connectivity index (χ1n) is 3.99. The highest BCUT2D eigenvalue weighted by molar-refractivity contribution is 9.10. The minimum atomic E-state index is 0.474. The van der Waals surface area contributed by atoms with E-state index >= 15 is 0 Å². The summed E-state index contributed by atoms with van der Waals surface area (Å²) in [6.45, 7) is 0. The summed E-state index contributed by atoms with van der Waals surface area (Å²) in [6, 6.07) is 7.85. The lowest BCUT2D eigenvalue weighted by atomic mass is 10.1. The molecule has 1 aromatic heterocycles. The van der Waals surface area contributed by atoms with Crippen LogP contribution < -0.4 is 0 Å². The molecule has 0 aliphatic carbocycles. The predicted molar refractivity (Wildman–Crippen MR) is 60.2 cm³/mol. The molecule has 0 bridgehead atoms. The molecule has 1 aromatic carbocycles. The van der Waals surface area contributed by atoms with E-state index in [1.165, 1.54) is 6.33 Å². The zero-order valence-electron chi connectivity index (χ0n) is 7.11. The Balaban J connectivity index is 2.50. The van der Waals surface area contributed by atoms with Crippen LogP contribution in [0.25, 0.3) is 11.1 Å². The van der Waals surface area contributed by atoms with E-state index in [0.29, 0.717) is 5.15 Å². The van der Waals surface area contributed by atoms with E-state index in [1.807, 2.05) is 24.3 Å². The smallest absolute Gasteiger partial charge is 0.140 e. The average Bonchev–Trinajstić information content (AvgIpc) is 2.20. The van der Waals surface area contributed by atoms with Gasteiger partial charge in [0.25, 0.3) is 0 Å². The number of nitrogens with zero attached hydrogens (tertiary/aromatic N) is 2. The molecule has 0 amide bonds. The highest BCUT2D eigenvalue weighted by Crippen LogP contribution is 2.25. The van der Waals surface area contributed by atoms with Gasteiger partial charge in [0.15, 0.2) is 0 Å². The lowest BCUT2D eigenvalue weighted by molar-refractivity contribution is 1.17. The summed E-state index contributed by atoms with van der Waals surface area (Å²) in [6.07, 6.45) is 3.14. The van der Waals surface area contributed by atoms with Gasteiger partial charge >= 0.3 is 0 Å². The van der Waals surface area contributed by atoms with Crippen molar-refractivity contribution in [1.29, 1.82) is 0 Å². The molecule has 0 aliphatic rings. The van der Waals surface area contributed by atoms with E-state index in [9.17, 15) is 0 Å². The van der Waals surface area contributed by atoms with Crippen LogP contribution in [0.1, 0.15) is 0 Å². The van der Waals surface area contributed by atoms with E-state index in [4.69, 9.17) is 11.6 Å². The molecule has 1 heterocycles. The van der Waals surface area contributed by atoms with Crippen molar-refractivity contribution in [3.8, 4) is 11.1 Å². The lowest BCUT2D eigenvalue weighted by Crippen LogP contribution is -1.84. The normalized spacial score (nSPS) is 10.1. The Morgan fingerprint density at radius 3 is 2.50 bits per heavy atom. The van der Waals surface area contributed by atoms with Gasteiger partial charge < -0.3 is 0 Å². The second-order valence-electron chi connectivity index (χ2n) is 2.73. The van der Waals surface area contributed by atoms with Gasteiger partial charge in [-0.1, -0.05) is 39.7 Å². The first kappa shape index (κ1) is 9.62. The highest BCUT2D eigenvalue weighted by Gasteiger charge is 2.03. The van der Waals surface area contributed by atoms with Crippen LogP contribution >= 0.6 is 27.5 Å². The van der Waals surface area contributed by atoms with Crippen molar-refractivity contribution < 1.29 is 0 Å². The fraction of sp³-hybridized carbons (Fsp3) is 0. The van der Waals surface area contributed by atoms with Crippen LogP contribution in [0.2, 0.25) is 5.15 Å². The molecule has 0 atom stereocenters. The maximum atomic E-state index is 5.94. The summed E-state index contributed by atoms with van der Waals surface area (Å²) >= 11 is 9.31. The second kappa shape index (κ2) is 4.07. The van der Waals surface area contributed by atoms with Crippen molar-refractivity contribution in [2.75, 3.05) is 0 Å². The molecule has 2 nitrogen and oxygen atoms in total. The molecule has 4 heteroatoms. The van der Waals surface area contributed by atoms with E-state index < -0.39 is 0 Å². The van der Waals surface area contributed by atoms with Crippen molar-refractivity contribution >= 4 is 27.5 Å². The van der Waals surface area contributed by atoms with Gasteiger partial charge in [0.1, 0.15) is 11.5 Å². The van der Waals surface area contributed by atoms with Crippen molar-refractivity contribution in [1.82, 2.24) is 9.97 Å². The SMILES string of the molecule is Clc1ncncc1-c1ccc(Br)cc1. The van der Waals surface area contributed by atoms with Crippen LogP contribution in [-0.2, 0) is 0 Å². The summed E-state index contributed by atoms with van der Waals surface area (Å²) in [7, 11) is 0. The van der Waals surface area contributed by atoms with Gasteiger partial charge in [-0.05, 0) is 17.7 Å². The van der Waals surface area contributed by atoms with E-state index in [1.54, 1.807) is 6.20 Å². The van der Waals surface area contributed by atoms with Gasteiger partial charge in [0.05, 0.1) is 0 Å². The van der Waals surface area contributed by atoms with Crippen molar-refractivity contribution in [2.45, 2.75) is 0 Å². The molecule has 0 fully saturated rings. The van der Waals surface area contributed by atoms with Crippen molar-refractivity contribution in [3.63, 3.8) is 0 Å². The van der Waals surface area contributed by atoms with Crippen LogP contribution in [0, 0.1) is 0 Å². The Morgan fingerprint density at radius 1 is 1.14 bits per heavy atom. The van der Waals surface area contributed by atoms with Gasteiger partial charge in [-0.25, -0.2) is 9.97 Å². The lowest BCUT2D eigenvalue weighted by Gasteiger charge is -2.01. The van der Waals surface area contributed by atoms with Crippen LogP contribution in [-0.4, -0.2) is 9.97 Å². The molecule has 2 rings (SSSR count). The Morgan fingerprint density at radius 2 is 1.86 bits per heavy atom. The molecular weight excluding hydrogens is 263 g/mol. The Hall–Kier alpha value is -0.930. The molecule has 0 unspecified atom stereocenters. The highest BCUT2D eigenvalue weighted by atomic mass is 79.9. The summed E-state index contributed by atoms with van der Waals surface area (Å²) in [5, 5.41) is 0.474. The molecular formula is C10H6BrClN2. The second-order valence-corrected chi connectivity index (χ2v) is 4.01. The van der Waals surface area contributed by atoms with Gasteiger partial charge in [-0.2, -0.15) is 0 Å². The standard InChI is InChI=1S/C10H6BrClN2/c11-8-3-1-7(2-4-8)9-5-13-6-14-10(9)12/h1-6H. The number of rotatable bonds is 1. The summed E-state index contributed by atoms with van der Waals surface area (Å²) in [5.41, 5.74) is 1.86. The Bertz CT molecular complexity index is 442. The number of hydrogen-bond acceptors (Lipinski definition) is 2. The monoisotopic (exact) mass is 268 g/mol.